The summed E-state index contributed by atoms with van der Waals surface area (Å²) in [7, 11) is 0. The second-order valence-electron chi connectivity index (χ2n) is 4.82. The van der Waals surface area contributed by atoms with Gasteiger partial charge in [-0.2, -0.15) is 0 Å². The van der Waals surface area contributed by atoms with E-state index in [-0.39, 0.29) is 6.10 Å². The van der Waals surface area contributed by atoms with Crippen LogP contribution < -0.4 is 5.32 Å². The maximum atomic E-state index is 6.26. The third-order valence-corrected chi connectivity index (χ3v) is 4.87. The summed E-state index contributed by atoms with van der Waals surface area (Å²) in [5.74, 6) is 0.592. The van der Waals surface area contributed by atoms with Crippen molar-refractivity contribution < 1.29 is 4.74 Å². The molecule has 0 aromatic carbocycles. The van der Waals surface area contributed by atoms with Gasteiger partial charge in [-0.05, 0) is 32.3 Å². The quantitative estimate of drug-likeness (QED) is 0.880. The van der Waals surface area contributed by atoms with E-state index in [1.54, 1.807) is 11.3 Å². The maximum absolute atomic E-state index is 6.26. The Hall–Kier alpha value is -0.910. The lowest BCUT2D eigenvalue weighted by molar-refractivity contribution is 0.120. The Labute approximate surface area is 121 Å². The fourth-order valence-electron chi connectivity index (χ4n) is 2.29. The zero-order valence-electron chi connectivity index (χ0n) is 11.0. The van der Waals surface area contributed by atoms with Crippen LogP contribution in [0.4, 0.5) is 5.95 Å². The molecule has 6 heteroatoms. The number of hydrogen-bond acceptors (Lipinski definition) is 5. The third kappa shape index (κ3) is 2.55. The number of ether oxygens (including phenoxy) is 1. The Morgan fingerprint density at radius 1 is 1.42 bits per heavy atom. The van der Waals surface area contributed by atoms with Gasteiger partial charge in [0.15, 0.2) is 0 Å². The lowest BCUT2D eigenvalue weighted by atomic mass is 10.2. The van der Waals surface area contributed by atoms with Gasteiger partial charge >= 0.3 is 0 Å². The number of rotatable bonds is 3. The predicted molar refractivity (Wildman–Crippen MR) is 79.4 cm³/mol. The molecule has 1 fully saturated rings. The minimum atomic E-state index is 0.268. The second kappa shape index (κ2) is 5.23. The first kappa shape index (κ1) is 13.1. The number of halogens is 1. The molecule has 1 saturated heterocycles. The molecule has 3 heterocycles. The highest BCUT2D eigenvalue weighted by molar-refractivity contribution is 7.18. The van der Waals surface area contributed by atoms with Crippen LogP contribution >= 0.6 is 22.9 Å². The van der Waals surface area contributed by atoms with Gasteiger partial charge < -0.3 is 10.1 Å². The Kier molecular flexibility index (Phi) is 3.60. The smallest absolute Gasteiger partial charge is 0.225 e. The highest BCUT2D eigenvalue weighted by Crippen LogP contribution is 2.33. The SMILES string of the molecule is Cc1sc2nc(NCC3CCCO3)nc(Cl)c2c1C. The van der Waals surface area contributed by atoms with Crippen molar-refractivity contribution in [3.05, 3.63) is 15.6 Å². The zero-order chi connectivity index (χ0) is 13.4. The van der Waals surface area contributed by atoms with E-state index in [0.717, 1.165) is 36.2 Å². The molecular formula is C13H16ClN3OS. The van der Waals surface area contributed by atoms with Gasteiger partial charge in [0.05, 0.1) is 11.5 Å². The van der Waals surface area contributed by atoms with Crippen LogP contribution in [-0.4, -0.2) is 29.2 Å². The number of nitrogens with zero attached hydrogens (tertiary/aromatic N) is 2. The summed E-state index contributed by atoms with van der Waals surface area (Å²) in [6, 6.07) is 0. The normalized spacial score (nSPS) is 19.2. The van der Waals surface area contributed by atoms with Crippen LogP contribution in [0.5, 0.6) is 0 Å². The molecule has 4 nitrogen and oxygen atoms in total. The van der Waals surface area contributed by atoms with E-state index < -0.39 is 0 Å². The average Bonchev–Trinajstić information content (AvgIpc) is 2.96. The standard InChI is InChI=1S/C13H16ClN3OS/c1-7-8(2)19-12-10(7)11(14)16-13(17-12)15-6-9-4-3-5-18-9/h9H,3-6H2,1-2H3,(H,15,16,17). The molecule has 2 aromatic heterocycles. The number of anilines is 1. The van der Waals surface area contributed by atoms with E-state index in [2.05, 4.69) is 29.1 Å². The van der Waals surface area contributed by atoms with Gasteiger partial charge in [-0.15, -0.1) is 11.3 Å². The summed E-state index contributed by atoms with van der Waals surface area (Å²) in [5, 5.41) is 4.73. The predicted octanol–water partition coefficient (Wildman–Crippen LogP) is 3.55. The van der Waals surface area contributed by atoms with E-state index in [1.807, 2.05) is 0 Å². The lowest BCUT2D eigenvalue weighted by Gasteiger charge is -2.10. The van der Waals surface area contributed by atoms with Crippen molar-refractivity contribution in [2.24, 2.45) is 0 Å². The van der Waals surface area contributed by atoms with Gasteiger partial charge in [0.2, 0.25) is 5.95 Å². The number of thiophene rings is 1. The summed E-state index contributed by atoms with van der Waals surface area (Å²) in [4.78, 5) is 11.1. The molecule has 0 radical (unpaired) electrons. The molecule has 2 aromatic rings. The first-order valence-corrected chi connectivity index (χ1v) is 7.63. The Bertz CT molecular complexity index is 607. The van der Waals surface area contributed by atoms with Crippen molar-refractivity contribution in [2.75, 3.05) is 18.5 Å². The van der Waals surface area contributed by atoms with E-state index in [1.165, 1.54) is 10.4 Å². The van der Waals surface area contributed by atoms with Gasteiger partial charge in [-0.3, -0.25) is 0 Å². The first-order chi connectivity index (χ1) is 9.15. The minimum Gasteiger partial charge on any atom is -0.376 e. The molecule has 0 amide bonds. The molecule has 102 valence electrons. The molecule has 0 saturated carbocycles. The van der Waals surface area contributed by atoms with Gasteiger partial charge in [0.1, 0.15) is 9.98 Å². The maximum Gasteiger partial charge on any atom is 0.225 e. The molecule has 19 heavy (non-hydrogen) atoms. The van der Waals surface area contributed by atoms with Crippen LogP contribution in [0.1, 0.15) is 23.3 Å². The van der Waals surface area contributed by atoms with Crippen molar-refractivity contribution in [2.45, 2.75) is 32.8 Å². The van der Waals surface area contributed by atoms with E-state index in [4.69, 9.17) is 16.3 Å². The molecule has 1 N–H and O–H groups in total. The number of fused-ring (bicyclic) bond motifs is 1. The molecule has 1 atom stereocenters. The van der Waals surface area contributed by atoms with Crippen LogP contribution in [0.15, 0.2) is 0 Å². The second-order valence-corrected chi connectivity index (χ2v) is 6.38. The Balaban J connectivity index is 1.84. The van der Waals surface area contributed by atoms with Crippen LogP contribution in [0.25, 0.3) is 10.2 Å². The van der Waals surface area contributed by atoms with E-state index >= 15 is 0 Å². The topological polar surface area (TPSA) is 47.0 Å². The number of aromatic nitrogens is 2. The van der Waals surface area contributed by atoms with Gasteiger partial charge in [0.25, 0.3) is 0 Å². The van der Waals surface area contributed by atoms with Crippen LogP contribution in [-0.2, 0) is 4.74 Å². The van der Waals surface area contributed by atoms with Crippen molar-refractivity contribution >= 4 is 39.1 Å². The van der Waals surface area contributed by atoms with Gasteiger partial charge in [-0.25, -0.2) is 9.97 Å². The largest absolute Gasteiger partial charge is 0.376 e. The zero-order valence-corrected chi connectivity index (χ0v) is 12.6. The Morgan fingerprint density at radius 3 is 3.00 bits per heavy atom. The molecule has 1 unspecified atom stereocenters. The molecule has 0 aliphatic carbocycles. The Morgan fingerprint density at radius 2 is 2.26 bits per heavy atom. The van der Waals surface area contributed by atoms with Crippen molar-refractivity contribution in [3.8, 4) is 0 Å². The minimum absolute atomic E-state index is 0.268. The van der Waals surface area contributed by atoms with Crippen LogP contribution in [0.3, 0.4) is 0 Å². The summed E-state index contributed by atoms with van der Waals surface area (Å²) in [6.45, 7) is 5.74. The molecule has 0 bridgehead atoms. The first-order valence-electron chi connectivity index (χ1n) is 6.44. The molecule has 1 aliphatic rings. The van der Waals surface area contributed by atoms with Crippen molar-refractivity contribution in [1.29, 1.82) is 0 Å². The van der Waals surface area contributed by atoms with Crippen LogP contribution in [0.2, 0.25) is 5.15 Å². The fourth-order valence-corrected chi connectivity index (χ4v) is 3.69. The monoisotopic (exact) mass is 297 g/mol. The summed E-state index contributed by atoms with van der Waals surface area (Å²) in [6.07, 6.45) is 2.50. The highest BCUT2D eigenvalue weighted by atomic mass is 35.5. The summed E-state index contributed by atoms with van der Waals surface area (Å²) in [5.41, 5.74) is 1.18. The molecule has 0 spiro atoms. The molecule has 3 rings (SSSR count). The van der Waals surface area contributed by atoms with E-state index in [9.17, 15) is 0 Å². The molecule has 1 aliphatic heterocycles. The average molecular weight is 298 g/mol. The number of aryl methyl sites for hydroxylation is 2. The third-order valence-electron chi connectivity index (χ3n) is 3.50. The van der Waals surface area contributed by atoms with E-state index in [0.29, 0.717) is 11.1 Å². The molecular weight excluding hydrogens is 282 g/mol. The van der Waals surface area contributed by atoms with Gasteiger partial charge in [-0.1, -0.05) is 11.6 Å². The highest BCUT2D eigenvalue weighted by Gasteiger charge is 2.17. The number of nitrogens with one attached hydrogen (secondary N) is 1. The van der Waals surface area contributed by atoms with Crippen LogP contribution in [0, 0.1) is 13.8 Å². The van der Waals surface area contributed by atoms with Gasteiger partial charge in [0, 0.05) is 18.0 Å². The summed E-state index contributed by atoms with van der Waals surface area (Å²) < 4.78 is 5.57. The fraction of sp³-hybridized carbons (Fsp3) is 0.538. The number of hydrogen-bond donors (Lipinski definition) is 1. The lowest BCUT2D eigenvalue weighted by Crippen LogP contribution is -2.19. The summed E-state index contributed by atoms with van der Waals surface area (Å²) >= 11 is 7.92. The van der Waals surface area contributed by atoms with Crippen molar-refractivity contribution in [1.82, 2.24) is 9.97 Å². The van der Waals surface area contributed by atoms with Crippen molar-refractivity contribution in [3.63, 3.8) is 0 Å².